The van der Waals surface area contributed by atoms with Crippen LogP contribution in [0, 0.1) is 53.7 Å². The van der Waals surface area contributed by atoms with Crippen LogP contribution in [0.2, 0.25) is 0 Å². The average Bonchev–Trinajstić information content (AvgIpc) is 3.62. The Morgan fingerprint density at radius 3 is 2.10 bits per heavy atom. The topological polar surface area (TPSA) is 44.9 Å². The molecule has 48 heavy (non-hydrogen) atoms. The van der Waals surface area contributed by atoms with Crippen LogP contribution in [0.1, 0.15) is 33.4 Å². The Morgan fingerprint density at radius 2 is 1.40 bits per heavy atom. The molecule has 0 amide bonds. The van der Waals surface area contributed by atoms with E-state index in [1.54, 1.807) is 23.5 Å². The van der Waals surface area contributed by atoms with Gasteiger partial charge in [0.1, 0.15) is 15.9 Å². The second-order valence-electron chi connectivity index (χ2n) is 11.9. The Bertz CT molecular complexity index is 2310. The van der Waals surface area contributed by atoms with Crippen molar-refractivity contribution in [3.05, 3.63) is 118 Å². The van der Waals surface area contributed by atoms with Gasteiger partial charge in [0.25, 0.3) is 0 Å². The number of hydrogen-bond donors (Lipinski definition) is 0. The van der Waals surface area contributed by atoms with E-state index in [0.717, 1.165) is 48.9 Å². The van der Waals surface area contributed by atoms with Crippen LogP contribution in [0.4, 0.5) is 0 Å². The van der Waals surface area contributed by atoms with Gasteiger partial charge in [0.05, 0.1) is 0 Å². The fourth-order valence-electron chi connectivity index (χ4n) is 6.52. The number of ether oxygens (including phenoxy) is 1. The third kappa shape index (κ3) is 5.70. The largest absolute Gasteiger partial charge is 2.00 e. The van der Waals surface area contributed by atoms with Gasteiger partial charge in [-0.1, -0.05) is 23.7 Å². The number of fused-ring (bicyclic) bond motifs is 3. The molecule has 4 aromatic carbocycles. The van der Waals surface area contributed by atoms with Gasteiger partial charge >= 0.3 is 21.1 Å². The molecule has 3 heterocycles. The van der Waals surface area contributed by atoms with E-state index in [9.17, 15) is 0 Å². The standard InChI is InChI=1S/C40H36N4OS2.Pt/c1-23-18-19-41-36(20-23)43-34-15-10-9-14-32(34)33-17-16-31(22-35(33)43)45-30-13-11-12-29(21-30)44-40(47-8)38(39(42-44)46-7)37-27(5)25(3)24(2)26(4)28(37)6;/h9-20H,1-8H3;/q-2;+2. The van der Waals surface area contributed by atoms with Crippen molar-refractivity contribution in [2.45, 2.75) is 51.6 Å². The minimum Gasteiger partial charge on any atom is -0.509 e. The van der Waals surface area contributed by atoms with Crippen LogP contribution >= 0.6 is 23.5 Å². The Hall–Kier alpha value is -3.77. The first-order chi connectivity index (χ1) is 22.7. The quantitative estimate of drug-likeness (QED) is 0.118. The molecule has 0 aliphatic heterocycles. The van der Waals surface area contributed by atoms with Crippen molar-refractivity contribution < 1.29 is 25.8 Å². The second kappa shape index (κ2) is 13.6. The van der Waals surface area contributed by atoms with Crippen LogP contribution in [-0.2, 0) is 21.1 Å². The predicted molar refractivity (Wildman–Crippen MR) is 197 cm³/mol. The first kappa shape index (κ1) is 34.1. The summed E-state index contributed by atoms with van der Waals surface area (Å²) in [6, 6.07) is 29.6. The number of benzene rings is 4. The van der Waals surface area contributed by atoms with Crippen LogP contribution in [0.25, 0.3) is 44.4 Å². The summed E-state index contributed by atoms with van der Waals surface area (Å²) in [5, 5.41) is 9.46. The molecule has 0 bridgehead atoms. The fraction of sp³-hybridized carbons (Fsp3) is 0.200. The Labute approximate surface area is 305 Å². The summed E-state index contributed by atoms with van der Waals surface area (Å²) in [4.78, 5) is 4.70. The average molecular weight is 848 g/mol. The molecule has 7 rings (SSSR count). The van der Waals surface area contributed by atoms with E-state index < -0.39 is 0 Å². The number of rotatable bonds is 7. The maximum absolute atomic E-state index is 6.47. The van der Waals surface area contributed by atoms with E-state index in [-0.39, 0.29) is 21.1 Å². The molecule has 0 atom stereocenters. The molecular weight excluding hydrogens is 812 g/mol. The number of nitrogens with zero attached hydrogens (tertiary/aromatic N) is 4. The molecule has 0 aliphatic rings. The summed E-state index contributed by atoms with van der Waals surface area (Å²) < 4.78 is 10.6. The number of thioether (sulfide) groups is 2. The smallest absolute Gasteiger partial charge is 0.509 e. The van der Waals surface area contributed by atoms with E-state index >= 15 is 0 Å². The number of pyridine rings is 1. The van der Waals surface area contributed by atoms with Crippen molar-refractivity contribution in [3.63, 3.8) is 0 Å². The van der Waals surface area contributed by atoms with Crippen molar-refractivity contribution in [1.29, 1.82) is 0 Å². The summed E-state index contributed by atoms with van der Waals surface area (Å²) >= 11 is 3.38. The normalized spacial score (nSPS) is 11.3. The molecule has 244 valence electrons. The van der Waals surface area contributed by atoms with E-state index in [2.05, 4.69) is 107 Å². The SMILES string of the molecule is CSc1nn(-c2[c-]c(Oc3[c-]c4c(cc3)c3ccccc3n4-c3cc(C)ccn3)ccc2)c(SC)c1-c1c(C)c(C)c(C)c(C)c1C.[Pt+2]. The molecule has 0 unspecified atom stereocenters. The van der Waals surface area contributed by atoms with Crippen LogP contribution in [0.5, 0.6) is 11.5 Å². The number of aromatic nitrogens is 4. The minimum atomic E-state index is 0. The van der Waals surface area contributed by atoms with Gasteiger partial charge in [0.2, 0.25) is 0 Å². The van der Waals surface area contributed by atoms with Gasteiger partial charge in [0.15, 0.2) is 0 Å². The van der Waals surface area contributed by atoms with Gasteiger partial charge in [0, 0.05) is 28.8 Å². The van der Waals surface area contributed by atoms with E-state index in [0.29, 0.717) is 11.5 Å². The third-order valence-electron chi connectivity index (χ3n) is 9.34. The summed E-state index contributed by atoms with van der Waals surface area (Å²) in [6.45, 7) is 13.2. The first-order valence-electron chi connectivity index (χ1n) is 15.6. The zero-order valence-corrected chi connectivity index (χ0v) is 32.2. The van der Waals surface area contributed by atoms with Crippen LogP contribution in [-0.4, -0.2) is 31.8 Å². The van der Waals surface area contributed by atoms with Crippen molar-refractivity contribution >= 4 is 45.3 Å². The Balaban J connectivity index is 0.00000401. The maximum Gasteiger partial charge on any atom is 2.00 e. The Morgan fingerprint density at radius 1 is 0.688 bits per heavy atom. The van der Waals surface area contributed by atoms with Gasteiger partial charge in [-0.05, 0) is 122 Å². The molecule has 8 heteroatoms. The van der Waals surface area contributed by atoms with E-state index in [1.165, 1.54) is 38.9 Å². The zero-order valence-electron chi connectivity index (χ0n) is 28.3. The molecule has 0 spiro atoms. The molecule has 3 aromatic heterocycles. The zero-order chi connectivity index (χ0) is 33.0. The summed E-state index contributed by atoms with van der Waals surface area (Å²) in [6.07, 6.45) is 6.06. The molecular formula is C40H36N4OPtS2. The van der Waals surface area contributed by atoms with Gasteiger partial charge in [-0.15, -0.1) is 59.2 Å². The monoisotopic (exact) mass is 847 g/mol. The summed E-state index contributed by atoms with van der Waals surface area (Å²) in [5.74, 6) is 2.06. The number of para-hydroxylation sites is 1. The van der Waals surface area contributed by atoms with Crippen molar-refractivity contribution in [1.82, 2.24) is 19.3 Å². The third-order valence-corrected chi connectivity index (χ3v) is 10.8. The van der Waals surface area contributed by atoms with Crippen LogP contribution in [0.3, 0.4) is 0 Å². The molecule has 5 nitrogen and oxygen atoms in total. The minimum absolute atomic E-state index is 0. The molecule has 0 fully saturated rings. The van der Waals surface area contributed by atoms with Gasteiger partial charge < -0.3 is 9.30 Å². The first-order valence-corrected chi connectivity index (χ1v) is 18.0. The summed E-state index contributed by atoms with van der Waals surface area (Å²) in [5.41, 5.74) is 13.1. The Kier molecular flexibility index (Phi) is 9.68. The number of hydrogen-bond acceptors (Lipinski definition) is 5. The molecule has 0 saturated carbocycles. The van der Waals surface area contributed by atoms with Crippen molar-refractivity contribution in [2.75, 3.05) is 12.5 Å². The van der Waals surface area contributed by atoms with Crippen LogP contribution in [0.15, 0.2) is 83.0 Å². The fourth-order valence-corrected chi connectivity index (χ4v) is 7.86. The predicted octanol–water partition coefficient (Wildman–Crippen LogP) is 10.7. The number of aryl methyl sites for hydroxylation is 1. The van der Waals surface area contributed by atoms with E-state index in [1.807, 2.05) is 41.2 Å². The van der Waals surface area contributed by atoms with Gasteiger partial charge in [-0.25, -0.2) is 4.98 Å². The maximum atomic E-state index is 6.47. The van der Waals surface area contributed by atoms with Gasteiger partial charge in [-0.2, -0.15) is 17.2 Å². The molecule has 0 radical (unpaired) electrons. The second-order valence-corrected chi connectivity index (χ2v) is 13.5. The van der Waals surface area contributed by atoms with Crippen molar-refractivity contribution in [3.8, 4) is 34.1 Å². The molecule has 0 saturated heterocycles. The van der Waals surface area contributed by atoms with Gasteiger partial charge in [-0.3, -0.25) is 4.68 Å². The molecule has 7 aromatic rings. The van der Waals surface area contributed by atoms with Crippen LogP contribution < -0.4 is 4.74 Å². The van der Waals surface area contributed by atoms with E-state index in [4.69, 9.17) is 14.8 Å². The molecule has 0 N–H and O–H groups in total. The van der Waals surface area contributed by atoms with Crippen molar-refractivity contribution in [2.24, 2.45) is 0 Å². The summed E-state index contributed by atoms with van der Waals surface area (Å²) in [7, 11) is 0. The molecule has 0 aliphatic carbocycles.